The Morgan fingerprint density at radius 1 is 1.28 bits per heavy atom. The van der Waals surface area contributed by atoms with Crippen molar-refractivity contribution in [3.05, 3.63) is 29.6 Å². The normalized spacial score (nSPS) is 15.6. The molecule has 0 aromatic carbocycles. The van der Waals surface area contributed by atoms with Crippen LogP contribution in [-0.4, -0.2) is 42.6 Å². The van der Waals surface area contributed by atoms with E-state index in [0.717, 1.165) is 19.5 Å². The van der Waals surface area contributed by atoms with Gasteiger partial charge < -0.3 is 10.2 Å². The molecule has 2 heterocycles. The smallest absolute Gasteiger partial charge is 0.0433 e. The van der Waals surface area contributed by atoms with E-state index in [1.165, 1.54) is 37.3 Å². The summed E-state index contributed by atoms with van der Waals surface area (Å²) in [6.07, 6.45) is 4.22. The molecule has 0 bridgehead atoms. The average Bonchev–Trinajstić information content (AvgIpc) is 2.33. The first-order chi connectivity index (χ1) is 7.86. The van der Waals surface area contributed by atoms with Gasteiger partial charge in [-0.05, 0) is 37.9 Å². The highest BCUT2D eigenvalue weighted by molar-refractivity contribution is 5.85. The van der Waals surface area contributed by atoms with Crippen molar-refractivity contribution in [2.24, 2.45) is 0 Å². The molecule has 2 rings (SSSR count). The summed E-state index contributed by atoms with van der Waals surface area (Å²) in [5.41, 5.74) is 2.58. The van der Waals surface area contributed by atoms with Gasteiger partial charge in [-0.25, -0.2) is 0 Å². The van der Waals surface area contributed by atoms with E-state index in [2.05, 4.69) is 28.2 Å². The maximum Gasteiger partial charge on any atom is 0.0433 e. The summed E-state index contributed by atoms with van der Waals surface area (Å²) in [4.78, 5) is 6.97. The Balaban J connectivity index is 0.00000144. The molecule has 18 heavy (non-hydrogen) atoms. The second kappa shape index (κ2) is 9.56. The van der Waals surface area contributed by atoms with Crippen LogP contribution in [0.15, 0.2) is 18.3 Å². The first-order valence-corrected chi connectivity index (χ1v) is 6.20. The van der Waals surface area contributed by atoms with Crippen molar-refractivity contribution in [2.75, 3.05) is 32.7 Å². The number of nitrogens with one attached hydrogen (secondary N) is 1. The highest BCUT2D eigenvalue weighted by Gasteiger charge is 2.08. The van der Waals surface area contributed by atoms with Crippen LogP contribution in [0.5, 0.6) is 0 Å². The molecular formula is C13H23Cl2N3. The van der Waals surface area contributed by atoms with Crippen molar-refractivity contribution in [1.29, 1.82) is 0 Å². The molecule has 3 nitrogen and oxygen atoms in total. The Kier molecular flexibility index (Phi) is 9.38. The van der Waals surface area contributed by atoms with Gasteiger partial charge in [-0.3, -0.25) is 4.98 Å². The molecule has 1 aliphatic rings. The number of aryl methyl sites for hydroxylation is 2. The number of hydrogen-bond donors (Lipinski definition) is 1. The van der Waals surface area contributed by atoms with Crippen LogP contribution in [0.1, 0.15) is 17.7 Å². The lowest BCUT2D eigenvalue weighted by molar-refractivity contribution is 0.238. The van der Waals surface area contributed by atoms with Crippen LogP contribution in [0.3, 0.4) is 0 Å². The van der Waals surface area contributed by atoms with Gasteiger partial charge in [-0.15, -0.1) is 24.8 Å². The third kappa shape index (κ3) is 5.53. The maximum atomic E-state index is 4.43. The molecule has 0 saturated carbocycles. The molecule has 1 N–H and O–H groups in total. The van der Waals surface area contributed by atoms with Crippen molar-refractivity contribution in [3.8, 4) is 0 Å². The third-order valence-corrected chi connectivity index (χ3v) is 3.22. The molecule has 0 radical (unpaired) electrons. The first kappa shape index (κ1) is 17.6. The molecule has 0 spiro atoms. The fraction of sp³-hybridized carbons (Fsp3) is 0.615. The number of rotatable bonds is 4. The van der Waals surface area contributed by atoms with E-state index in [1.807, 2.05) is 12.3 Å². The number of pyridine rings is 1. The van der Waals surface area contributed by atoms with Crippen LogP contribution in [-0.2, 0) is 6.42 Å². The standard InChI is InChI=1S/C13H21N3.2ClH/c1-12-4-2-6-15-13(12)5-3-9-16-10-7-14-8-11-16;;/h2,4,6,14H,3,5,7-11H2,1H3;2*1H. The van der Waals surface area contributed by atoms with Gasteiger partial charge in [-0.1, -0.05) is 6.07 Å². The van der Waals surface area contributed by atoms with Crippen molar-refractivity contribution in [3.63, 3.8) is 0 Å². The minimum absolute atomic E-state index is 0. The van der Waals surface area contributed by atoms with Crippen LogP contribution >= 0.6 is 24.8 Å². The highest BCUT2D eigenvalue weighted by atomic mass is 35.5. The van der Waals surface area contributed by atoms with Crippen molar-refractivity contribution in [2.45, 2.75) is 19.8 Å². The molecule has 1 fully saturated rings. The Labute approximate surface area is 122 Å². The zero-order valence-electron chi connectivity index (χ0n) is 10.9. The summed E-state index contributed by atoms with van der Waals surface area (Å²) in [6.45, 7) is 8.03. The van der Waals surface area contributed by atoms with E-state index in [9.17, 15) is 0 Å². The van der Waals surface area contributed by atoms with E-state index >= 15 is 0 Å². The molecular weight excluding hydrogens is 269 g/mol. The van der Waals surface area contributed by atoms with Crippen molar-refractivity contribution >= 4 is 24.8 Å². The summed E-state index contributed by atoms with van der Waals surface area (Å²) in [5, 5.41) is 3.38. The Bertz CT molecular complexity index is 328. The summed E-state index contributed by atoms with van der Waals surface area (Å²) in [6, 6.07) is 4.16. The number of hydrogen-bond acceptors (Lipinski definition) is 3. The molecule has 5 heteroatoms. The number of aromatic nitrogens is 1. The van der Waals surface area contributed by atoms with Crippen LogP contribution in [0.25, 0.3) is 0 Å². The van der Waals surface area contributed by atoms with Gasteiger partial charge in [0.15, 0.2) is 0 Å². The van der Waals surface area contributed by atoms with Gasteiger partial charge >= 0.3 is 0 Å². The maximum absolute atomic E-state index is 4.43. The van der Waals surface area contributed by atoms with E-state index in [1.54, 1.807) is 0 Å². The predicted octanol–water partition coefficient (Wildman–Crippen LogP) is 2.07. The van der Waals surface area contributed by atoms with Crippen LogP contribution in [0.2, 0.25) is 0 Å². The Hall–Kier alpha value is -0.350. The fourth-order valence-corrected chi connectivity index (χ4v) is 2.18. The second-order valence-electron chi connectivity index (χ2n) is 4.46. The molecule has 0 amide bonds. The van der Waals surface area contributed by atoms with Gasteiger partial charge in [0.1, 0.15) is 0 Å². The first-order valence-electron chi connectivity index (χ1n) is 6.20. The molecule has 1 aromatic heterocycles. The largest absolute Gasteiger partial charge is 0.314 e. The summed E-state index contributed by atoms with van der Waals surface area (Å²) >= 11 is 0. The quantitative estimate of drug-likeness (QED) is 0.921. The van der Waals surface area contributed by atoms with Crippen LogP contribution in [0.4, 0.5) is 0 Å². The molecule has 1 aromatic rings. The van der Waals surface area contributed by atoms with E-state index in [4.69, 9.17) is 0 Å². The molecule has 0 atom stereocenters. The zero-order chi connectivity index (χ0) is 11.2. The van der Waals surface area contributed by atoms with Crippen molar-refractivity contribution < 1.29 is 0 Å². The third-order valence-electron chi connectivity index (χ3n) is 3.22. The van der Waals surface area contributed by atoms with Gasteiger partial charge in [0.05, 0.1) is 0 Å². The van der Waals surface area contributed by atoms with E-state index < -0.39 is 0 Å². The SMILES string of the molecule is Cc1cccnc1CCCN1CCNCC1.Cl.Cl. The molecule has 0 unspecified atom stereocenters. The van der Waals surface area contributed by atoms with Gasteiger partial charge in [-0.2, -0.15) is 0 Å². The number of piperazine rings is 1. The highest BCUT2D eigenvalue weighted by Crippen LogP contribution is 2.06. The topological polar surface area (TPSA) is 28.2 Å². The van der Waals surface area contributed by atoms with Gasteiger partial charge in [0, 0.05) is 38.1 Å². The van der Waals surface area contributed by atoms with Gasteiger partial charge in [0.25, 0.3) is 0 Å². The molecule has 0 aliphatic carbocycles. The monoisotopic (exact) mass is 291 g/mol. The van der Waals surface area contributed by atoms with E-state index in [-0.39, 0.29) is 24.8 Å². The summed E-state index contributed by atoms with van der Waals surface area (Å²) < 4.78 is 0. The van der Waals surface area contributed by atoms with Gasteiger partial charge in [0.2, 0.25) is 0 Å². The molecule has 104 valence electrons. The fourth-order valence-electron chi connectivity index (χ4n) is 2.18. The predicted molar refractivity (Wildman–Crippen MR) is 81.1 cm³/mol. The van der Waals surface area contributed by atoms with Crippen molar-refractivity contribution in [1.82, 2.24) is 15.2 Å². The Morgan fingerprint density at radius 3 is 2.67 bits per heavy atom. The van der Waals surface area contributed by atoms with Crippen LogP contribution in [0, 0.1) is 6.92 Å². The second-order valence-corrected chi connectivity index (χ2v) is 4.46. The zero-order valence-corrected chi connectivity index (χ0v) is 12.5. The number of nitrogens with zero attached hydrogens (tertiary/aromatic N) is 2. The molecule has 1 saturated heterocycles. The number of halogens is 2. The van der Waals surface area contributed by atoms with E-state index in [0.29, 0.717) is 0 Å². The average molecular weight is 292 g/mol. The lowest BCUT2D eigenvalue weighted by Gasteiger charge is -2.27. The lowest BCUT2D eigenvalue weighted by Crippen LogP contribution is -2.43. The molecule has 1 aliphatic heterocycles. The summed E-state index contributed by atoms with van der Waals surface area (Å²) in [5.74, 6) is 0. The Morgan fingerprint density at radius 2 is 2.00 bits per heavy atom. The minimum Gasteiger partial charge on any atom is -0.314 e. The minimum atomic E-state index is 0. The summed E-state index contributed by atoms with van der Waals surface area (Å²) in [7, 11) is 0. The lowest BCUT2D eigenvalue weighted by atomic mass is 10.1. The van der Waals surface area contributed by atoms with Crippen LogP contribution < -0.4 is 5.32 Å².